The Morgan fingerprint density at radius 2 is 1.65 bits per heavy atom. The van der Waals surface area contributed by atoms with Crippen LogP contribution >= 0.6 is 0 Å². The molecule has 0 unspecified atom stereocenters. The lowest BCUT2D eigenvalue weighted by molar-refractivity contribution is 0.0734. The maximum atomic E-state index is 13.6. The molecule has 0 atom stereocenters. The molecule has 0 aromatic heterocycles. The van der Waals surface area contributed by atoms with Crippen molar-refractivity contribution in [1.29, 1.82) is 0 Å². The minimum Gasteiger partial charge on any atom is -0.494 e. The van der Waals surface area contributed by atoms with Crippen LogP contribution in [0.3, 0.4) is 0 Å². The molecule has 158 valence electrons. The Kier molecular flexibility index (Phi) is 7.48. The van der Waals surface area contributed by atoms with Crippen LogP contribution in [0.2, 0.25) is 0 Å². The Balaban J connectivity index is 1.53. The quantitative estimate of drug-likeness (QED) is 0.250. The molecule has 3 aromatic rings. The summed E-state index contributed by atoms with van der Waals surface area (Å²) >= 11 is 0. The van der Waals surface area contributed by atoms with E-state index in [9.17, 15) is 14.0 Å². The second-order valence-electron chi connectivity index (χ2n) is 6.51. The summed E-state index contributed by atoms with van der Waals surface area (Å²) in [6, 6.07) is 18.9. The molecular formula is C24H21FN2O4. The Bertz CT molecular complexity index is 1060. The van der Waals surface area contributed by atoms with E-state index >= 15 is 0 Å². The van der Waals surface area contributed by atoms with Crippen molar-refractivity contribution >= 4 is 18.1 Å². The molecule has 3 rings (SSSR count). The third-order valence-electron chi connectivity index (χ3n) is 4.15. The number of rotatable bonds is 8. The molecule has 0 saturated carbocycles. The molecule has 0 fully saturated rings. The van der Waals surface area contributed by atoms with Gasteiger partial charge in [-0.05, 0) is 72.6 Å². The number of hydrazone groups is 1. The molecule has 1 amide bonds. The van der Waals surface area contributed by atoms with Gasteiger partial charge in [-0.1, -0.05) is 19.1 Å². The van der Waals surface area contributed by atoms with Gasteiger partial charge >= 0.3 is 5.97 Å². The lowest BCUT2D eigenvalue weighted by Gasteiger charge is -2.07. The average Bonchev–Trinajstić information content (AvgIpc) is 2.79. The lowest BCUT2D eigenvalue weighted by Crippen LogP contribution is -2.18. The summed E-state index contributed by atoms with van der Waals surface area (Å²) in [5.74, 6) is -0.691. The second kappa shape index (κ2) is 10.7. The lowest BCUT2D eigenvalue weighted by atomic mass is 10.2. The third-order valence-corrected chi connectivity index (χ3v) is 4.15. The van der Waals surface area contributed by atoms with E-state index in [-0.39, 0.29) is 5.56 Å². The van der Waals surface area contributed by atoms with Crippen LogP contribution in [0.1, 0.15) is 39.6 Å². The van der Waals surface area contributed by atoms with Crippen LogP contribution in [0, 0.1) is 5.82 Å². The van der Waals surface area contributed by atoms with Crippen molar-refractivity contribution in [3.8, 4) is 11.5 Å². The van der Waals surface area contributed by atoms with E-state index < -0.39 is 17.7 Å². The highest BCUT2D eigenvalue weighted by atomic mass is 19.1. The zero-order valence-electron chi connectivity index (χ0n) is 16.9. The summed E-state index contributed by atoms with van der Waals surface area (Å²) in [6.07, 6.45) is 2.31. The van der Waals surface area contributed by atoms with Crippen molar-refractivity contribution in [2.24, 2.45) is 5.10 Å². The first kappa shape index (κ1) is 21.7. The Morgan fingerprint density at radius 1 is 0.968 bits per heavy atom. The summed E-state index contributed by atoms with van der Waals surface area (Å²) in [6.45, 7) is 2.64. The smallest absolute Gasteiger partial charge is 0.343 e. The molecule has 6 nitrogen and oxygen atoms in total. The van der Waals surface area contributed by atoms with E-state index in [2.05, 4.69) is 10.5 Å². The first-order chi connectivity index (χ1) is 15.1. The molecule has 0 saturated heterocycles. The Morgan fingerprint density at radius 3 is 2.32 bits per heavy atom. The van der Waals surface area contributed by atoms with Crippen molar-refractivity contribution in [3.63, 3.8) is 0 Å². The maximum Gasteiger partial charge on any atom is 0.343 e. The highest BCUT2D eigenvalue weighted by molar-refractivity contribution is 5.95. The number of halogens is 1. The monoisotopic (exact) mass is 420 g/mol. The molecular weight excluding hydrogens is 399 g/mol. The zero-order valence-corrected chi connectivity index (χ0v) is 16.9. The molecule has 0 aliphatic heterocycles. The number of amides is 1. The van der Waals surface area contributed by atoms with Gasteiger partial charge < -0.3 is 9.47 Å². The average molecular weight is 420 g/mol. The van der Waals surface area contributed by atoms with E-state index in [0.717, 1.165) is 6.42 Å². The SMILES string of the molecule is CCCOc1ccc(C(=O)Oc2ccc(C=NNC(=O)c3ccccc3F)cc2)cc1. The van der Waals surface area contributed by atoms with Crippen molar-refractivity contribution in [3.05, 3.63) is 95.3 Å². The molecule has 31 heavy (non-hydrogen) atoms. The molecule has 0 radical (unpaired) electrons. The number of hydrogen-bond acceptors (Lipinski definition) is 5. The molecule has 0 heterocycles. The molecule has 3 aromatic carbocycles. The summed E-state index contributed by atoms with van der Waals surface area (Å²) in [5, 5.41) is 3.82. The van der Waals surface area contributed by atoms with E-state index in [4.69, 9.17) is 9.47 Å². The Hall–Kier alpha value is -4.00. The largest absolute Gasteiger partial charge is 0.494 e. The molecule has 0 aliphatic carbocycles. The zero-order chi connectivity index (χ0) is 22.1. The van der Waals surface area contributed by atoms with Crippen LogP contribution in [-0.4, -0.2) is 24.7 Å². The van der Waals surface area contributed by atoms with Crippen LogP contribution < -0.4 is 14.9 Å². The molecule has 1 N–H and O–H groups in total. The number of carbonyl (C=O) groups is 2. The van der Waals surface area contributed by atoms with Crippen LogP contribution in [0.25, 0.3) is 0 Å². The van der Waals surface area contributed by atoms with Gasteiger partial charge in [-0.3, -0.25) is 4.79 Å². The predicted octanol–water partition coefficient (Wildman–Crippen LogP) is 4.60. The number of nitrogens with zero attached hydrogens (tertiary/aromatic N) is 1. The van der Waals surface area contributed by atoms with E-state index in [1.54, 1.807) is 54.6 Å². The second-order valence-corrected chi connectivity index (χ2v) is 6.51. The van der Waals surface area contributed by atoms with Gasteiger partial charge in [-0.2, -0.15) is 5.10 Å². The number of esters is 1. The third kappa shape index (κ3) is 6.24. The van der Waals surface area contributed by atoms with Gasteiger partial charge in [0.05, 0.1) is 23.9 Å². The summed E-state index contributed by atoms with van der Waals surface area (Å²) in [4.78, 5) is 24.2. The maximum absolute atomic E-state index is 13.6. The van der Waals surface area contributed by atoms with Gasteiger partial charge in [0.15, 0.2) is 0 Å². The van der Waals surface area contributed by atoms with Gasteiger partial charge in [0.25, 0.3) is 5.91 Å². The van der Waals surface area contributed by atoms with Crippen LogP contribution in [-0.2, 0) is 0 Å². The van der Waals surface area contributed by atoms with E-state index in [1.165, 1.54) is 24.4 Å². The van der Waals surface area contributed by atoms with Crippen LogP contribution in [0.5, 0.6) is 11.5 Å². The summed E-state index contributed by atoms with van der Waals surface area (Å²) in [7, 11) is 0. The topological polar surface area (TPSA) is 77.0 Å². The molecule has 0 aliphatic rings. The number of carbonyl (C=O) groups excluding carboxylic acids is 2. The fourth-order valence-electron chi connectivity index (χ4n) is 2.57. The molecule has 0 spiro atoms. The molecule has 0 bridgehead atoms. The van der Waals surface area contributed by atoms with Crippen LogP contribution in [0.4, 0.5) is 4.39 Å². The number of nitrogens with one attached hydrogen (secondary N) is 1. The normalized spacial score (nSPS) is 10.6. The van der Waals surface area contributed by atoms with Crippen molar-refractivity contribution in [2.45, 2.75) is 13.3 Å². The number of ether oxygens (including phenoxy) is 2. The van der Waals surface area contributed by atoms with Gasteiger partial charge in [-0.15, -0.1) is 0 Å². The van der Waals surface area contributed by atoms with Gasteiger partial charge in [0.1, 0.15) is 17.3 Å². The number of hydrogen-bond donors (Lipinski definition) is 1. The number of benzene rings is 3. The van der Waals surface area contributed by atoms with Crippen molar-refractivity contribution in [1.82, 2.24) is 5.43 Å². The minimum atomic E-state index is -0.647. The minimum absolute atomic E-state index is 0.0909. The first-order valence-electron chi connectivity index (χ1n) is 9.70. The highest BCUT2D eigenvalue weighted by Gasteiger charge is 2.10. The fourth-order valence-corrected chi connectivity index (χ4v) is 2.57. The van der Waals surface area contributed by atoms with Gasteiger partial charge in [0.2, 0.25) is 0 Å². The van der Waals surface area contributed by atoms with E-state index in [0.29, 0.717) is 29.2 Å². The standard InChI is InChI=1S/C24H21FN2O4/c1-2-15-30-19-13-9-18(10-14-19)24(29)31-20-11-7-17(8-12-20)16-26-27-23(28)21-5-3-4-6-22(21)25/h3-14,16H,2,15H2,1H3,(H,27,28). The Labute approximate surface area is 179 Å². The van der Waals surface area contributed by atoms with E-state index in [1.807, 2.05) is 6.92 Å². The van der Waals surface area contributed by atoms with Gasteiger partial charge in [0, 0.05) is 0 Å². The first-order valence-corrected chi connectivity index (χ1v) is 9.70. The highest BCUT2D eigenvalue weighted by Crippen LogP contribution is 2.16. The summed E-state index contributed by atoms with van der Waals surface area (Å²) in [5.41, 5.74) is 3.24. The summed E-state index contributed by atoms with van der Waals surface area (Å²) < 4.78 is 24.4. The van der Waals surface area contributed by atoms with Crippen molar-refractivity contribution in [2.75, 3.05) is 6.61 Å². The molecule has 7 heteroatoms. The fraction of sp³-hybridized carbons (Fsp3) is 0.125. The predicted molar refractivity (Wildman–Crippen MR) is 115 cm³/mol. The van der Waals surface area contributed by atoms with Gasteiger partial charge in [-0.25, -0.2) is 14.6 Å². The van der Waals surface area contributed by atoms with Crippen molar-refractivity contribution < 1.29 is 23.5 Å². The van der Waals surface area contributed by atoms with Crippen LogP contribution in [0.15, 0.2) is 77.9 Å².